The lowest BCUT2D eigenvalue weighted by atomic mass is 10.2. The van der Waals surface area contributed by atoms with Gasteiger partial charge >= 0.3 is 11.9 Å². The molecule has 1 aromatic heterocycles. The molecule has 0 saturated heterocycles. The second-order valence-electron chi connectivity index (χ2n) is 2.79. The summed E-state index contributed by atoms with van der Waals surface area (Å²) in [5, 5.41) is 9.50. The zero-order valence-corrected chi connectivity index (χ0v) is 8.39. The Morgan fingerprint density at radius 1 is 1.41 bits per heavy atom. The fourth-order valence-electron chi connectivity index (χ4n) is 1.08. The summed E-state index contributed by atoms with van der Waals surface area (Å²) in [4.78, 5) is 11.5. The summed E-state index contributed by atoms with van der Waals surface area (Å²) in [5.41, 5.74) is -5.23. The summed E-state index contributed by atoms with van der Waals surface area (Å²) < 4.78 is 61.8. The quantitative estimate of drug-likeness (QED) is 0.359. The van der Waals surface area contributed by atoms with E-state index in [1.807, 2.05) is 0 Å². The minimum atomic E-state index is -5.24. The number of rotatable bonds is 2. The highest BCUT2D eigenvalue weighted by Gasteiger charge is 2.43. The van der Waals surface area contributed by atoms with Gasteiger partial charge in [-0.1, -0.05) is 11.6 Å². The molecule has 0 aliphatic carbocycles. The average molecular weight is 277 g/mol. The van der Waals surface area contributed by atoms with E-state index >= 15 is 0 Å². The lowest BCUT2D eigenvalue weighted by Gasteiger charge is -2.09. The van der Waals surface area contributed by atoms with Crippen LogP contribution in [0.3, 0.4) is 0 Å². The van der Waals surface area contributed by atoms with Crippen molar-refractivity contribution in [1.29, 1.82) is 0 Å². The molecule has 0 N–H and O–H groups in total. The van der Waals surface area contributed by atoms with E-state index in [1.165, 1.54) is 0 Å². The molecule has 0 bridgehead atoms. The first-order valence-corrected chi connectivity index (χ1v) is 4.22. The summed E-state index contributed by atoms with van der Waals surface area (Å²) in [6, 6.07) is 0.333. The van der Waals surface area contributed by atoms with Crippen molar-refractivity contribution >= 4 is 17.3 Å². The predicted molar refractivity (Wildman–Crippen MR) is 45.9 cm³/mol. The Morgan fingerprint density at radius 3 is 2.29 bits per heavy atom. The molecule has 1 aromatic rings. The first-order valence-electron chi connectivity index (χ1n) is 3.84. The summed E-state index contributed by atoms with van der Waals surface area (Å²) in [5.74, 6) is 0. The number of aromatic nitrogens is 1. The molecule has 0 saturated carbocycles. The van der Waals surface area contributed by atoms with E-state index in [0.29, 0.717) is 6.07 Å². The van der Waals surface area contributed by atoms with Crippen LogP contribution in [0.1, 0.15) is 17.7 Å². The van der Waals surface area contributed by atoms with Crippen LogP contribution < -0.4 is 0 Å². The smallest absolute Gasteiger partial charge is 0.258 e. The van der Waals surface area contributed by atoms with Crippen LogP contribution in [0.15, 0.2) is 6.07 Å². The third kappa shape index (κ3) is 2.78. The third-order valence-corrected chi connectivity index (χ3v) is 1.87. The number of alkyl halides is 5. The van der Waals surface area contributed by atoms with Gasteiger partial charge < -0.3 is 0 Å². The number of halogens is 6. The maximum absolute atomic E-state index is 12.4. The fourth-order valence-corrected chi connectivity index (χ4v) is 1.28. The SMILES string of the molecule is O=[N+]([O-])c1c(C(F)F)cc(Cl)nc1C(F)(F)F. The van der Waals surface area contributed by atoms with Crippen LogP contribution in [0.5, 0.6) is 0 Å². The molecule has 0 unspecified atom stereocenters. The van der Waals surface area contributed by atoms with E-state index in [2.05, 4.69) is 4.98 Å². The molecule has 17 heavy (non-hydrogen) atoms. The van der Waals surface area contributed by atoms with E-state index in [0.717, 1.165) is 0 Å². The van der Waals surface area contributed by atoms with Gasteiger partial charge in [0.2, 0.25) is 5.69 Å². The third-order valence-electron chi connectivity index (χ3n) is 1.68. The van der Waals surface area contributed by atoms with Gasteiger partial charge in [0.25, 0.3) is 6.43 Å². The van der Waals surface area contributed by atoms with Gasteiger partial charge in [-0.2, -0.15) is 13.2 Å². The van der Waals surface area contributed by atoms with Crippen LogP contribution >= 0.6 is 11.6 Å². The van der Waals surface area contributed by atoms with Crippen LogP contribution in [-0.2, 0) is 6.18 Å². The molecule has 0 atom stereocenters. The number of nitrogens with zero attached hydrogens (tertiary/aromatic N) is 2. The highest BCUT2D eigenvalue weighted by atomic mass is 35.5. The highest BCUT2D eigenvalue weighted by Crippen LogP contribution is 2.40. The van der Waals surface area contributed by atoms with Gasteiger partial charge in [-0.05, 0) is 6.07 Å². The van der Waals surface area contributed by atoms with E-state index in [9.17, 15) is 32.1 Å². The Kier molecular flexibility index (Phi) is 3.51. The largest absolute Gasteiger partial charge is 0.440 e. The van der Waals surface area contributed by atoms with Crippen molar-refractivity contribution in [3.8, 4) is 0 Å². The molecule has 1 rings (SSSR count). The normalized spacial score (nSPS) is 11.9. The monoisotopic (exact) mass is 276 g/mol. The van der Waals surface area contributed by atoms with Crippen molar-refractivity contribution in [2.45, 2.75) is 12.6 Å². The molecule has 0 spiro atoms. The first kappa shape index (κ1) is 13.6. The molecule has 0 aliphatic rings. The van der Waals surface area contributed by atoms with Gasteiger partial charge in [-0.3, -0.25) is 10.1 Å². The molecule has 0 fully saturated rings. The van der Waals surface area contributed by atoms with Gasteiger partial charge in [0.1, 0.15) is 10.7 Å². The molecule has 0 aromatic carbocycles. The standard InChI is InChI=1S/C7H2ClF5N2O2/c8-3-1-2(6(9)10)4(15(16)17)5(14-3)7(11,12)13/h1,6H. The molecule has 94 valence electrons. The Balaban J connectivity index is 3.64. The Hall–Kier alpha value is -1.51. The Bertz CT molecular complexity index is 462. The van der Waals surface area contributed by atoms with Gasteiger partial charge in [-0.15, -0.1) is 0 Å². The average Bonchev–Trinajstić information content (AvgIpc) is 2.14. The van der Waals surface area contributed by atoms with E-state index in [-0.39, 0.29) is 0 Å². The van der Waals surface area contributed by atoms with E-state index in [1.54, 1.807) is 0 Å². The van der Waals surface area contributed by atoms with Gasteiger partial charge in [0.15, 0.2) is 0 Å². The molecule has 4 nitrogen and oxygen atoms in total. The molecular weight excluding hydrogens is 275 g/mol. The van der Waals surface area contributed by atoms with Crippen molar-refractivity contribution in [1.82, 2.24) is 4.98 Å². The second-order valence-corrected chi connectivity index (χ2v) is 3.17. The Morgan fingerprint density at radius 2 is 1.94 bits per heavy atom. The molecular formula is C7H2ClF5N2O2. The van der Waals surface area contributed by atoms with Gasteiger partial charge in [0, 0.05) is 0 Å². The molecule has 0 amide bonds. The number of pyridine rings is 1. The van der Waals surface area contributed by atoms with Crippen molar-refractivity contribution in [2.75, 3.05) is 0 Å². The van der Waals surface area contributed by atoms with Crippen LogP contribution in [0.4, 0.5) is 27.6 Å². The van der Waals surface area contributed by atoms with E-state index in [4.69, 9.17) is 11.6 Å². The molecule has 1 heterocycles. The number of hydrogen-bond donors (Lipinski definition) is 0. The fraction of sp³-hybridized carbons (Fsp3) is 0.286. The highest BCUT2D eigenvalue weighted by molar-refractivity contribution is 6.29. The molecule has 0 aliphatic heterocycles. The number of hydrogen-bond acceptors (Lipinski definition) is 3. The Labute approximate surface area is 95.2 Å². The van der Waals surface area contributed by atoms with Crippen LogP contribution in [0.2, 0.25) is 5.15 Å². The van der Waals surface area contributed by atoms with Crippen molar-refractivity contribution in [3.05, 3.63) is 32.6 Å². The maximum atomic E-state index is 12.4. The summed E-state index contributed by atoms with van der Waals surface area (Å²) in [6.07, 6.45) is -8.70. The van der Waals surface area contributed by atoms with Crippen LogP contribution in [0, 0.1) is 10.1 Å². The van der Waals surface area contributed by atoms with E-state index < -0.39 is 39.6 Å². The molecule has 10 heteroatoms. The predicted octanol–water partition coefficient (Wildman–Crippen LogP) is 3.60. The van der Waals surface area contributed by atoms with Gasteiger partial charge in [-0.25, -0.2) is 13.8 Å². The minimum absolute atomic E-state index is 0.333. The topological polar surface area (TPSA) is 56.0 Å². The zero-order chi connectivity index (χ0) is 13.4. The van der Waals surface area contributed by atoms with Crippen molar-refractivity contribution in [3.63, 3.8) is 0 Å². The lowest BCUT2D eigenvalue weighted by molar-refractivity contribution is -0.390. The van der Waals surface area contributed by atoms with Crippen molar-refractivity contribution in [2.24, 2.45) is 0 Å². The summed E-state index contributed by atoms with van der Waals surface area (Å²) in [6.45, 7) is 0. The van der Waals surface area contributed by atoms with Crippen LogP contribution in [0.25, 0.3) is 0 Å². The zero-order valence-electron chi connectivity index (χ0n) is 7.63. The summed E-state index contributed by atoms with van der Waals surface area (Å²) in [7, 11) is 0. The van der Waals surface area contributed by atoms with Gasteiger partial charge in [0.05, 0.1) is 4.92 Å². The van der Waals surface area contributed by atoms with Crippen LogP contribution in [-0.4, -0.2) is 9.91 Å². The lowest BCUT2D eigenvalue weighted by Crippen LogP contribution is -2.14. The second kappa shape index (κ2) is 4.40. The van der Waals surface area contributed by atoms with Crippen molar-refractivity contribution < 1.29 is 26.9 Å². The maximum Gasteiger partial charge on any atom is 0.440 e. The summed E-state index contributed by atoms with van der Waals surface area (Å²) >= 11 is 5.11. The first-order chi connectivity index (χ1) is 7.64. The number of nitro groups is 1. The minimum Gasteiger partial charge on any atom is -0.258 e. The molecule has 0 radical (unpaired) electrons.